The molecule has 0 saturated heterocycles. The van der Waals surface area contributed by atoms with Gasteiger partial charge in [-0.25, -0.2) is 9.13 Å². The molecule has 19 heteroatoms. The van der Waals surface area contributed by atoms with Gasteiger partial charge in [-0.2, -0.15) is 0 Å². The number of aliphatic hydroxyl groups excluding tert-OH is 1. The summed E-state index contributed by atoms with van der Waals surface area (Å²) in [7, 11) is -9.92. The smallest absolute Gasteiger partial charge is 0.462 e. The molecule has 0 fully saturated rings. The van der Waals surface area contributed by atoms with Gasteiger partial charge in [0.1, 0.15) is 19.3 Å². The summed E-state index contributed by atoms with van der Waals surface area (Å²) < 4.78 is 68.4. The molecule has 94 heavy (non-hydrogen) atoms. The first-order valence-corrected chi connectivity index (χ1v) is 41.2. The summed E-state index contributed by atoms with van der Waals surface area (Å²) in [6.45, 7) is 11.8. The SMILES string of the molecule is CCCCCC/C=C\C=C/CCCCCCCC(=O)O[C@H](COC(=O)CCCCCCCCCCCC(C)C)COP(=O)(O)OC[C@@H](O)COP(=O)(O)OC[C@@H](COC(=O)CCCCCCCCC(C)C)OC(=O)CCCCCCCCCCCCCCCCC(C)CC. The molecular weight excluding hydrogens is 1230 g/mol. The normalized spacial score (nSPS) is 14.6. The van der Waals surface area contributed by atoms with Crippen LogP contribution in [0.15, 0.2) is 24.3 Å². The maximum atomic E-state index is 13.0. The average molecular weight is 1380 g/mol. The molecule has 0 heterocycles. The second-order valence-electron chi connectivity index (χ2n) is 27.5. The quantitative estimate of drug-likeness (QED) is 0.0169. The summed E-state index contributed by atoms with van der Waals surface area (Å²) in [4.78, 5) is 72.7. The van der Waals surface area contributed by atoms with Gasteiger partial charge in [0, 0.05) is 25.7 Å². The second kappa shape index (κ2) is 65.2. The van der Waals surface area contributed by atoms with E-state index < -0.39 is 97.5 Å². The number of ether oxygens (including phenoxy) is 4. The van der Waals surface area contributed by atoms with Gasteiger partial charge in [0.15, 0.2) is 12.2 Å². The number of hydrogen-bond donors (Lipinski definition) is 3. The lowest BCUT2D eigenvalue weighted by molar-refractivity contribution is -0.161. The van der Waals surface area contributed by atoms with Gasteiger partial charge < -0.3 is 33.8 Å². The average Bonchev–Trinajstić information content (AvgIpc) is 2.47. The first-order chi connectivity index (χ1) is 45.3. The fourth-order valence-corrected chi connectivity index (χ4v) is 12.4. The lowest BCUT2D eigenvalue weighted by Gasteiger charge is -2.21. The maximum absolute atomic E-state index is 13.0. The van der Waals surface area contributed by atoms with Gasteiger partial charge in [0.25, 0.3) is 0 Å². The molecule has 6 atom stereocenters. The van der Waals surface area contributed by atoms with E-state index in [4.69, 9.17) is 37.0 Å². The highest BCUT2D eigenvalue weighted by Gasteiger charge is 2.30. The van der Waals surface area contributed by atoms with Crippen LogP contribution in [0.1, 0.15) is 357 Å². The van der Waals surface area contributed by atoms with E-state index in [-0.39, 0.29) is 25.7 Å². The van der Waals surface area contributed by atoms with Gasteiger partial charge in [-0.15, -0.1) is 0 Å². The maximum Gasteiger partial charge on any atom is 0.472 e. The summed E-state index contributed by atoms with van der Waals surface area (Å²) >= 11 is 0. The highest BCUT2D eigenvalue weighted by Crippen LogP contribution is 2.45. The molecule has 0 amide bonds. The Kier molecular flexibility index (Phi) is 63.5. The van der Waals surface area contributed by atoms with Gasteiger partial charge in [0.05, 0.1) is 26.4 Å². The van der Waals surface area contributed by atoms with Crippen molar-refractivity contribution in [3.8, 4) is 0 Å². The Labute approximate surface area is 573 Å². The van der Waals surface area contributed by atoms with Crippen molar-refractivity contribution in [2.45, 2.75) is 375 Å². The minimum atomic E-state index is -4.96. The van der Waals surface area contributed by atoms with Crippen LogP contribution in [0.2, 0.25) is 0 Å². The van der Waals surface area contributed by atoms with Gasteiger partial charge in [-0.3, -0.25) is 37.3 Å². The number of carbonyl (C=O) groups excluding carboxylic acids is 4. The van der Waals surface area contributed by atoms with Crippen molar-refractivity contribution in [3.63, 3.8) is 0 Å². The van der Waals surface area contributed by atoms with Crippen LogP contribution in [-0.2, 0) is 65.4 Å². The fraction of sp³-hybridized carbons (Fsp3) is 0.893. The van der Waals surface area contributed by atoms with Gasteiger partial charge in [-0.1, -0.05) is 304 Å². The molecule has 0 aromatic heterocycles. The molecule has 0 radical (unpaired) electrons. The number of allylic oxidation sites excluding steroid dienone is 4. The number of hydrogen-bond acceptors (Lipinski definition) is 15. The van der Waals surface area contributed by atoms with E-state index in [1.54, 1.807) is 0 Å². The van der Waals surface area contributed by atoms with Crippen molar-refractivity contribution in [2.75, 3.05) is 39.6 Å². The van der Waals surface area contributed by atoms with E-state index in [2.05, 4.69) is 72.8 Å². The second-order valence-corrected chi connectivity index (χ2v) is 30.5. The van der Waals surface area contributed by atoms with Crippen LogP contribution < -0.4 is 0 Å². The van der Waals surface area contributed by atoms with E-state index in [9.17, 15) is 43.2 Å². The highest BCUT2D eigenvalue weighted by atomic mass is 31.2. The summed E-state index contributed by atoms with van der Waals surface area (Å²) in [6.07, 6.45) is 53.6. The number of phosphoric acid groups is 2. The Balaban J connectivity index is 5.26. The van der Waals surface area contributed by atoms with Crippen molar-refractivity contribution in [3.05, 3.63) is 24.3 Å². The molecule has 0 aliphatic heterocycles. The van der Waals surface area contributed by atoms with Crippen molar-refractivity contribution < 1.29 is 80.2 Å². The zero-order valence-electron chi connectivity index (χ0n) is 60.9. The Morgan fingerprint density at radius 3 is 0.947 bits per heavy atom. The van der Waals surface area contributed by atoms with Crippen LogP contribution in [0.4, 0.5) is 0 Å². The summed E-state index contributed by atoms with van der Waals surface area (Å²) in [5, 5.41) is 10.6. The van der Waals surface area contributed by atoms with E-state index in [1.807, 2.05) is 0 Å². The Hall–Kier alpha value is -2.46. The Morgan fingerprint density at radius 2 is 0.628 bits per heavy atom. The number of phosphoric ester groups is 2. The standard InChI is InChI=1S/C75H142O17P2/c1-8-10-11-12-13-14-15-16-17-21-24-29-35-44-51-58-74(79)91-70(62-85-72(77)56-49-42-34-31-26-27-32-39-46-53-66(3)4)64-89-93(81,82)87-60-69(76)61-88-94(83,84)90-65-71(63-86-73(78)57-50-43-38-37-40-47-54-67(5)6)92-75(80)59-52-45-36-30-25-22-19-18-20-23-28-33-41-48-55-68(7)9-2/h14-17,66-71,76H,8-13,18-65H2,1-7H3,(H,81,82)(H,83,84)/b15-14-,17-16-/t68?,69-,70-,71-/m1/s1. The van der Waals surface area contributed by atoms with Crippen LogP contribution in [0.25, 0.3) is 0 Å². The van der Waals surface area contributed by atoms with Crippen LogP contribution in [-0.4, -0.2) is 96.7 Å². The van der Waals surface area contributed by atoms with Crippen LogP contribution >= 0.6 is 15.6 Å². The van der Waals surface area contributed by atoms with Crippen LogP contribution in [0, 0.1) is 17.8 Å². The molecule has 3 unspecified atom stereocenters. The largest absolute Gasteiger partial charge is 0.472 e. The molecule has 554 valence electrons. The minimum Gasteiger partial charge on any atom is -0.462 e. The molecule has 0 spiro atoms. The minimum absolute atomic E-state index is 0.0842. The predicted molar refractivity (Wildman–Crippen MR) is 381 cm³/mol. The zero-order valence-corrected chi connectivity index (χ0v) is 62.7. The number of aliphatic hydroxyl groups is 1. The molecule has 0 saturated carbocycles. The van der Waals surface area contributed by atoms with Gasteiger partial charge in [-0.05, 0) is 69.1 Å². The van der Waals surface area contributed by atoms with Crippen molar-refractivity contribution in [2.24, 2.45) is 17.8 Å². The molecule has 0 rings (SSSR count). The first kappa shape index (κ1) is 91.5. The van der Waals surface area contributed by atoms with E-state index in [0.29, 0.717) is 31.6 Å². The monoisotopic (exact) mass is 1380 g/mol. The van der Waals surface area contributed by atoms with Crippen molar-refractivity contribution in [1.82, 2.24) is 0 Å². The summed E-state index contributed by atoms with van der Waals surface area (Å²) in [5.74, 6) is 0.111. The molecular formula is C75H142O17P2. The summed E-state index contributed by atoms with van der Waals surface area (Å²) in [5.41, 5.74) is 0. The Bertz CT molecular complexity index is 1930. The molecule has 3 N–H and O–H groups in total. The topological polar surface area (TPSA) is 237 Å². The molecule has 0 aliphatic rings. The number of unbranched alkanes of at least 4 members (excludes halogenated alkanes) is 35. The van der Waals surface area contributed by atoms with E-state index in [1.165, 1.54) is 148 Å². The third-order valence-corrected chi connectivity index (χ3v) is 19.0. The fourth-order valence-electron chi connectivity index (χ4n) is 10.9. The first-order valence-electron chi connectivity index (χ1n) is 38.2. The molecule has 0 aromatic carbocycles. The number of esters is 4. The predicted octanol–water partition coefficient (Wildman–Crippen LogP) is 21.3. The van der Waals surface area contributed by atoms with Crippen LogP contribution in [0.3, 0.4) is 0 Å². The Morgan fingerprint density at radius 1 is 0.351 bits per heavy atom. The number of carbonyl (C=O) groups is 4. The molecule has 0 bridgehead atoms. The molecule has 0 aromatic rings. The third kappa shape index (κ3) is 66.8. The van der Waals surface area contributed by atoms with Crippen molar-refractivity contribution in [1.29, 1.82) is 0 Å². The number of rotatable bonds is 71. The molecule has 0 aliphatic carbocycles. The van der Waals surface area contributed by atoms with E-state index >= 15 is 0 Å². The van der Waals surface area contributed by atoms with E-state index in [0.717, 1.165) is 121 Å². The van der Waals surface area contributed by atoms with Crippen LogP contribution in [0.5, 0.6) is 0 Å². The summed E-state index contributed by atoms with van der Waals surface area (Å²) in [6, 6.07) is 0. The van der Waals surface area contributed by atoms with Gasteiger partial charge in [0.2, 0.25) is 0 Å². The van der Waals surface area contributed by atoms with Gasteiger partial charge >= 0.3 is 39.5 Å². The third-order valence-electron chi connectivity index (χ3n) is 17.1. The lowest BCUT2D eigenvalue weighted by Crippen LogP contribution is -2.30. The lowest BCUT2D eigenvalue weighted by atomic mass is 9.99. The highest BCUT2D eigenvalue weighted by molar-refractivity contribution is 7.47. The van der Waals surface area contributed by atoms with Crippen molar-refractivity contribution >= 4 is 39.5 Å². The zero-order chi connectivity index (χ0) is 69.4. The molecule has 17 nitrogen and oxygen atoms in total.